The van der Waals surface area contributed by atoms with E-state index in [0.29, 0.717) is 29.5 Å². The van der Waals surface area contributed by atoms with E-state index in [0.717, 1.165) is 18.6 Å². The SMILES string of the molecule is CN=C(NC1CCN(C2CCCC2)CC1)NC1C2CCOC2C12CCC2. The number of hydrogen-bond donors (Lipinski definition) is 2. The first-order chi connectivity index (χ1) is 12.8. The van der Waals surface area contributed by atoms with Crippen molar-refractivity contribution in [1.29, 1.82) is 0 Å². The standard InChI is InChI=1S/C21H36N4O/c1-22-20(23-15-7-12-25(13-8-15)16-5-2-3-6-16)24-18-17-9-14-26-19(17)21(18)10-4-11-21/h15-19H,2-14H2,1H3,(H2,22,23,24). The van der Waals surface area contributed by atoms with Gasteiger partial charge >= 0.3 is 0 Å². The van der Waals surface area contributed by atoms with Crippen LogP contribution >= 0.6 is 0 Å². The Labute approximate surface area is 158 Å². The first-order valence-electron chi connectivity index (χ1n) is 11.2. The largest absolute Gasteiger partial charge is 0.377 e. The van der Waals surface area contributed by atoms with Gasteiger partial charge in [0.15, 0.2) is 5.96 Å². The molecule has 0 radical (unpaired) electrons. The van der Waals surface area contributed by atoms with Gasteiger partial charge in [0, 0.05) is 56.2 Å². The highest BCUT2D eigenvalue weighted by atomic mass is 16.5. The Kier molecular flexibility index (Phi) is 4.64. The zero-order chi connectivity index (χ0) is 17.6. The molecular weight excluding hydrogens is 324 g/mol. The molecule has 5 aliphatic rings. The number of aliphatic imine (C=N–C) groups is 1. The minimum atomic E-state index is 0.421. The number of nitrogens with one attached hydrogen (secondary N) is 2. The lowest BCUT2D eigenvalue weighted by Crippen LogP contribution is -2.72. The molecule has 2 saturated heterocycles. The third-order valence-electron chi connectivity index (χ3n) is 8.26. The van der Waals surface area contributed by atoms with Gasteiger partial charge in [0.1, 0.15) is 0 Å². The average molecular weight is 361 g/mol. The van der Waals surface area contributed by atoms with E-state index in [1.54, 1.807) is 0 Å². The maximum atomic E-state index is 6.06. The van der Waals surface area contributed by atoms with E-state index < -0.39 is 0 Å². The molecule has 2 heterocycles. The van der Waals surface area contributed by atoms with Crippen LogP contribution in [0.3, 0.4) is 0 Å². The minimum absolute atomic E-state index is 0.421. The summed E-state index contributed by atoms with van der Waals surface area (Å²) in [4.78, 5) is 7.33. The molecule has 1 spiro atoms. The molecule has 146 valence electrons. The van der Waals surface area contributed by atoms with Crippen molar-refractivity contribution in [3.8, 4) is 0 Å². The molecule has 0 bridgehead atoms. The Morgan fingerprint density at radius 1 is 1.00 bits per heavy atom. The molecule has 0 aromatic carbocycles. The zero-order valence-corrected chi connectivity index (χ0v) is 16.4. The number of rotatable bonds is 3. The number of nitrogens with zero attached hydrogens (tertiary/aromatic N) is 2. The van der Waals surface area contributed by atoms with Crippen LogP contribution < -0.4 is 10.6 Å². The minimum Gasteiger partial charge on any atom is -0.377 e. The molecule has 5 rings (SSSR count). The molecule has 0 aromatic rings. The fourth-order valence-electron chi connectivity index (χ4n) is 6.65. The topological polar surface area (TPSA) is 48.9 Å². The van der Waals surface area contributed by atoms with Crippen LogP contribution in [0.4, 0.5) is 0 Å². The summed E-state index contributed by atoms with van der Waals surface area (Å²) in [5, 5.41) is 7.58. The van der Waals surface area contributed by atoms with Gasteiger partial charge in [-0.2, -0.15) is 0 Å². The molecule has 26 heavy (non-hydrogen) atoms. The highest BCUT2D eigenvalue weighted by molar-refractivity contribution is 5.80. The molecule has 2 N–H and O–H groups in total. The van der Waals surface area contributed by atoms with Gasteiger partial charge in [0.05, 0.1) is 6.10 Å². The van der Waals surface area contributed by atoms with Gasteiger partial charge in [0.2, 0.25) is 0 Å². The van der Waals surface area contributed by atoms with Crippen LogP contribution in [0.5, 0.6) is 0 Å². The average Bonchev–Trinajstić information content (AvgIpc) is 3.29. The van der Waals surface area contributed by atoms with Gasteiger partial charge < -0.3 is 20.3 Å². The monoisotopic (exact) mass is 360 g/mol. The third kappa shape index (κ3) is 2.77. The summed E-state index contributed by atoms with van der Waals surface area (Å²) in [6.45, 7) is 3.47. The Bertz CT molecular complexity index is 532. The van der Waals surface area contributed by atoms with Gasteiger partial charge in [-0.25, -0.2) is 0 Å². The van der Waals surface area contributed by atoms with Crippen molar-refractivity contribution in [2.45, 2.75) is 88.4 Å². The van der Waals surface area contributed by atoms with Crippen LogP contribution in [0.25, 0.3) is 0 Å². The molecule has 3 saturated carbocycles. The summed E-state index contributed by atoms with van der Waals surface area (Å²) in [5.41, 5.74) is 0.421. The van der Waals surface area contributed by atoms with Crippen LogP contribution in [0.2, 0.25) is 0 Å². The lowest BCUT2D eigenvalue weighted by molar-refractivity contribution is -0.171. The summed E-state index contributed by atoms with van der Waals surface area (Å²) in [6, 6.07) is 2.03. The van der Waals surface area contributed by atoms with Crippen LogP contribution in [0.15, 0.2) is 4.99 Å². The van der Waals surface area contributed by atoms with Gasteiger partial charge in [-0.15, -0.1) is 0 Å². The molecule has 5 heteroatoms. The maximum Gasteiger partial charge on any atom is 0.191 e. The number of ether oxygens (including phenoxy) is 1. The predicted octanol–water partition coefficient (Wildman–Crippen LogP) is 2.52. The molecule has 0 amide bonds. The smallest absolute Gasteiger partial charge is 0.191 e. The second kappa shape index (κ2) is 6.97. The molecule has 3 unspecified atom stereocenters. The van der Waals surface area contributed by atoms with E-state index in [1.165, 1.54) is 77.3 Å². The summed E-state index contributed by atoms with van der Waals surface area (Å²) in [5.74, 6) is 1.74. The summed E-state index contributed by atoms with van der Waals surface area (Å²) in [6.07, 6.45) is 14.0. The van der Waals surface area contributed by atoms with Gasteiger partial charge in [-0.1, -0.05) is 19.3 Å². The van der Waals surface area contributed by atoms with E-state index in [9.17, 15) is 0 Å². The lowest BCUT2D eigenvalue weighted by atomic mass is 9.46. The Balaban J connectivity index is 1.14. The van der Waals surface area contributed by atoms with Crippen LogP contribution in [-0.2, 0) is 4.74 Å². The molecule has 2 aliphatic heterocycles. The third-order valence-corrected chi connectivity index (χ3v) is 8.26. The predicted molar refractivity (Wildman–Crippen MR) is 104 cm³/mol. The molecule has 5 nitrogen and oxygen atoms in total. The molecule has 3 aliphatic carbocycles. The van der Waals surface area contributed by atoms with E-state index in [-0.39, 0.29) is 0 Å². The van der Waals surface area contributed by atoms with Crippen molar-refractivity contribution in [2.24, 2.45) is 16.3 Å². The summed E-state index contributed by atoms with van der Waals surface area (Å²) >= 11 is 0. The van der Waals surface area contributed by atoms with E-state index >= 15 is 0 Å². The molecule has 5 fully saturated rings. The van der Waals surface area contributed by atoms with Crippen molar-refractivity contribution < 1.29 is 4.74 Å². The van der Waals surface area contributed by atoms with Crippen LogP contribution in [-0.4, -0.2) is 61.8 Å². The highest BCUT2D eigenvalue weighted by Crippen LogP contribution is 2.62. The fourth-order valence-corrected chi connectivity index (χ4v) is 6.65. The Morgan fingerprint density at radius 2 is 1.77 bits per heavy atom. The van der Waals surface area contributed by atoms with E-state index in [2.05, 4.69) is 20.5 Å². The number of piperidine rings is 1. The van der Waals surface area contributed by atoms with Crippen LogP contribution in [0.1, 0.15) is 64.2 Å². The van der Waals surface area contributed by atoms with Gasteiger partial charge in [0.25, 0.3) is 0 Å². The Hall–Kier alpha value is -0.810. The fraction of sp³-hybridized carbons (Fsp3) is 0.952. The maximum absolute atomic E-state index is 6.06. The van der Waals surface area contributed by atoms with Crippen molar-refractivity contribution in [3.63, 3.8) is 0 Å². The van der Waals surface area contributed by atoms with Crippen molar-refractivity contribution in [3.05, 3.63) is 0 Å². The number of likely N-dealkylation sites (tertiary alicyclic amines) is 1. The number of guanidine groups is 1. The highest BCUT2D eigenvalue weighted by Gasteiger charge is 2.66. The second-order valence-electron chi connectivity index (χ2n) is 9.42. The molecular formula is C21H36N4O. The second-order valence-corrected chi connectivity index (χ2v) is 9.42. The first-order valence-corrected chi connectivity index (χ1v) is 11.2. The number of fused-ring (bicyclic) bond motifs is 2. The molecule has 3 atom stereocenters. The Morgan fingerprint density at radius 3 is 2.42 bits per heavy atom. The number of hydrogen-bond acceptors (Lipinski definition) is 3. The quantitative estimate of drug-likeness (QED) is 0.600. The van der Waals surface area contributed by atoms with E-state index in [1.807, 2.05) is 7.05 Å². The van der Waals surface area contributed by atoms with Gasteiger partial charge in [-0.3, -0.25) is 4.99 Å². The van der Waals surface area contributed by atoms with Crippen molar-refractivity contribution >= 4 is 5.96 Å². The van der Waals surface area contributed by atoms with E-state index in [4.69, 9.17) is 4.74 Å². The summed E-state index contributed by atoms with van der Waals surface area (Å²) < 4.78 is 6.06. The zero-order valence-electron chi connectivity index (χ0n) is 16.4. The van der Waals surface area contributed by atoms with Gasteiger partial charge in [-0.05, 0) is 44.9 Å². The summed E-state index contributed by atoms with van der Waals surface area (Å²) in [7, 11) is 1.93. The van der Waals surface area contributed by atoms with Crippen molar-refractivity contribution in [1.82, 2.24) is 15.5 Å². The van der Waals surface area contributed by atoms with Crippen molar-refractivity contribution in [2.75, 3.05) is 26.7 Å². The van der Waals surface area contributed by atoms with Crippen LogP contribution in [0, 0.1) is 11.3 Å². The normalized spacial score (nSPS) is 38.0. The molecule has 0 aromatic heterocycles. The lowest BCUT2D eigenvalue weighted by Gasteiger charge is -2.63. The first kappa shape index (κ1) is 17.3.